The topological polar surface area (TPSA) is 63.2 Å². The second-order valence-corrected chi connectivity index (χ2v) is 1.05. The molecule has 0 aliphatic carbocycles. The molecule has 0 aromatic rings. The monoisotopic (exact) mass is 358 g/mol. The number of rotatable bonds is 0. The van der Waals surface area contributed by atoms with E-state index in [9.17, 15) is 0 Å². The van der Waals surface area contributed by atoms with Crippen LogP contribution >= 0.6 is 0 Å². The van der Waals surface area contributed by atoms with Gasteiger partial charge in [-0.25, -0.2) is 0 Å². The maximum Gasteiger partial charge on any atom is 2.00 e. The molecule has 3 nitrogen and oxygen atoms in total. The molecule has 0 bridgehead atoms. The quantitative estimate of drug-likeness (QED) is 0.438. The molecule has 5 heteroatoms. The van der Waals surface area contributed by atoms with Crippen LogP contribution in [0.25, 0.3) is 0 Å². The molecule has 0 aliphatic rings. The zero-order chi connectivity index (χ0) is 3.58. The average Bonchev–Trinajstić information content (AvgIpc) is 0.811. The molecule has 0 amide bonds. The van der Waals surface area contributed by atoms with Crippen molar-refractivity contribution in [1.82, 2.24) is 0 Å². The minimum Gasteiger partial charge on any atom is 2.00 e. The van der Waals surface area contributed by atoms with Gasteiger partial charge >= 0.3 is 55.4 Å². The van der Waals surface area contributed by atoms with Crippen LogP contribution in [0.3, 0.4) is 0 Å². The molecule has 0 aromatic carbocycles. The van der Waals surface area contributed by atoms with Crippen molar-refractivity contribution < 1.29 is 28.1 Å². The van der Waals surface area contributed by atoms with Crippen LogP contribution in [0, 0.1) is 0 Å². The van der Waals surface area contributed by atoms with Gasteiger partial charge in [-0.2, -0.15) is 0 Å². The summed E-state index contributed by atoms with van der Waals surface area (Å²) in [5.41, 5.74) is 0. The molecule has 5 heavy (non-hydrogen) atoms. The summed E-state index contributed by atoms with van der Waals surface area (Å²) in [6, 6.07) is 0. The molecule has 0 saturated carbocycles. The van der Waals surface area contributed by atoms with Crippen molar-refractivity contribution in [3.05, 3.63) is 0 Å². The summed E-state index contributed by atoms with van der Waals surface area (Å²) in [5, 5.41) is 0. The Balaban J connectivity index is 0. The molecular weight excluding hydrogens is 356 g/mol. The largest absolute Gasteiger partial charge is 2.00 e. The first-order valence-electron chi connectivity index (χ1n) is 0.433. The first-order valence-corrected chi connectivity index (χ1v) is 2.56. The maximum atomic E-state index is 8.56. The molecule has 30 valence electrons. The Hall–Kier alpha value is 1.27. The fraction of sp³-hybridized carbons (Fsp3) is 0. The summed E-state index contributed by atoms with van der Waals surface area (Å²) < 4.78 is 25.7. The van der Waals surface area contributed by atoms with Gasteiger partial charge in [-0.3, -0.25) is 0 Å². The molecule has 0 atom stereocenters. The molecule has 0 heterocycles. The van der Waals surface area contributed by atoms with Gasteiger partial charge in [-0.1, -0.05) is 0 Å². The SMILES string of the molecule is [O]=[Ru]([O-])[O-].[Pb+2]. The van der Waals surface area contributed by atoms with Crippen molar-refractivity contribution in [2.24, 2.45) is 0 Å². The summed E-state index contributed by atoms with van der Waals surface area (Å²) in [7, 11) is 0. The van der Waals surface area contributed by atoms with Crippen LogP contribution in [0.2, 0.25) is 0 Å². The standard InChI is InChI=1S/3O.Pb.Ru/q;2*-1;+2;. The Morgan fingerprint density at radius 3 is 1.40 bits per heavy atom. The predicted octanol–water partition coefficient (Wildman–Crippen LogP) is -2.88. The minimum atomic E-state index is -3.92. The molecule has 2 radical (unpaired) electrons. The zero-order valence-corrected chi connectivity index (χ0v) is 7.70. The molecule has 0 unspecified atom stereocenters. The van der Waals surface area contributed by atoms with Gasteiger partial charge in [0.25, 0.3) is 0 Å². The molecule has 0 aromatic heterocycles. The second kappa shape index (κ2) is 5.27. The van der Waals surface area contributed by atoms with E-state index in [0.717, 1.165) is 0 Å². The van der Waals surface area contributed by atoms with Crippen LogP contribution in [0.15, 0.2) is 0 Å². The Morgan fingerprint density at radius 1 is 1.40 bits per heavy atom. The average molecular weight is 356 g/mol. The van der Waals surface area contributed by atoms with Crippen molar-refractivity contribution in [3.8, 4) is 0 Å². The van der Waals surface area contributed by atoms with E-state index in [1.54, 1.807) is 0 Å². The maximum absolute atomic E-state index is 8.56. The van der Waals surface area contributed by atoms with E-state index in [2.05, 4.69) is 0 Å². The zero-order valence-electron chi connectivity index (χ0n) is 2.08. The Labute approximate surface area is 55.1 Å². The fourth-order valence-electron chi connectivity index (χ4n) is 0. The number of hydrogen-bond acceptors (Lipinski definition) is 3. The van der Waals surface area contributed by atoms with Crippen molar-refractivity contribution >= 4 is 27.3 Å². The van der Waals surface area contributed by atoms with Gasteiger partial charge in [-0.15, -0.1) is 0 Å². The van der Waals surface area contributed by atoms with Crippen LogP contribution in [0.4, 0.5) is 0 Å². The van der Waals surface area contributed by atoms with Crippen LogP contribution in [-0.2, 0) is 20.2 Å². The van der Waals surface area contributed by atoms with Crippen LogP contribution < -0.4 is 7.87 Å². The van der Waals surface area contributed by atoms with E-state index in [1.165, 1.54) is 0 Å². The molecule has 0 rings (SSSR count). The van der Waals surface area contributed by atoms with Gasteiger partial charge in [0.2, 0.25) is 0 Å². The predicted molar refractivity (Wildman–Crippen MR) is 6.44 cm³/mol. The first kappa shape index (κ1) is 9.55. The van der Waals surface area contributed by atoms with E-state index in [-0.39, 0.29) is 27.3 Å². The van der Waals surface area contributed by atoms with E-state index in [0.29, 0.717) is 0 Å². The third-order valence-electron chi connectivity index (χ3n) is 0. The van der Waals surface area contributed by atoms with Crippen molar-refractivity contribution in [2.45, 2.75) is 0 Å². The fourth-order valence-corrected chi connectivity index (χ4v) is 0. The Morgan fingerprint density at radius 2 is 1.40 bits per heavy atom. The summed E-state index contributed by atoms with van der Waals surface area (Å²) in [6.07, 6.45) is 0. The third-order valence-corrected chi connectivity index (χ3v) is 0. The van der Waals surface area contributed by atoms with Crippen molar-refractivity contribution in [2.75, 3.05) is 0 Å². The van der Waals surface area contributed by atoms with Gasteiger partial charge in [0, 0.05) is 0 Å². The molecule has 0 saturated heterocycles. The van der Waals surface area contributed by atoms with Gasteiger partial charge in [-0.05, 0) is 0 Å². The summed E-state index contributed by atoms with van der Waals surface area (Å²) in [6.45, 7) is 0. The minimum absolute atomic E-state index is 0. The van der Waals surface area contributed by atoms with Crippen molar-refractivity contribution in [1.29, 1.82) is 0 Å². The summed E-state index contributed by atoms with van der Waals surface area (Å²) in [5.74, 6) is 0. The van der Waals surface area contributed by atoms with Crippen molar-refractivity contribution in [3.63, 3.8) is 0 Å². The normalized spacial score (nSPS) is 8.80. The van der Waals surface area contributed by atoms with Crippen LogP contribution in [0.5, 0.6) is 0 Å². The Kier molecular flexibility index (Phi) is 10.1. The van der Waals surface area contributed by atoms with Gasteiger partial charge in [0.1, 0.15) is 0 Å². The Bertz CT molecular complexity index is 29.9. The summed E-state index contributed by atoms with van der Waals surface area (Å²) in [4.78, 5) is 0. The second-order valence-electron chi connectivity index (χ2n) is 0.177. The third kappa shape index (κ3) is 35.1. The van der Waals surface area contributed by atoms with Crippen LogP contribution in [-0.4, -0.2) is 27.3 Å². The van der Waals surface area contributed by atoms with E-state index in [4.69, 9.17) is 11.4 Å². The molecule has 0 aliphatic heterocycles. The molecule has 0 spiro atoms. The molecule has 0 N–H and O–H groups in total. The van der Waals surface area contributed by atoms with Crippen LogP contribution in [0.1, 0.15) is 0 Å². The summed E-state index contributed by atoms with van der Waals surface area (Å²) >= 11 is -3.92. The van der Waals surface area contributed by atoms with Gasteiger partial charge in [0.05, 0.1) is 0 Å². The first-order chi connectivity index (χ1) is 1.73. The van der Waals surface area contributed by atoms with E-state index < -0.39 is 16.6 Å². The van der Waals surface area contributed by atoms with Gasteiger partial charge < -0.3 is 0 Å². The van der Waals surface area contributed by atoms with Gasteiger partial charge in [0.15, 0.2) is 0 Å². The molecular formula is O3PbRu. The van der Waals surface area contributed by atoms with E-state index >= 15 is 0 Å². The van der Waals surface area contributed by atoms with E-state index in [1.807, 2.05) is 0 Å². The molecule has 0 fully saturated rings. The number of hydrogen-bond donors (Lipinski definition) is 0. The smallest absolute Gasteiger partial charge is 2.00 e.